The average Bonchev–Trinajstić information content (AvgIpc) is 2.47. The lowest BCUT2D eigenvalue weighted by molar-refractivity contribution is 0.104. The molecule has 0 aliphatic rings. The number of benzene rings is 2. The van der Waals surface area contributed by atoms with E-state index in [2.05, 4.69) is 9.97 Å². The van der Waals surface area contributed by atoms with Gasteiger partial charge in [0.15, 0.2) is 5.78 Å². The second-order valence-electron chi connectivity index (χ2n) is 3.92. The predicted octanol–water partition coefficient (Wildman–Crippen LogP) is 2.86. The smallest absolute Gasteiger partial charge is 0.195 e. The van der Waals surface area contributed by atoms with Gasteiger partial charge in [0.25, 0.3) is 0 Å². The van der Waals surface area contributed by atoms with Gasteiger partial charge in [-0.05, 0) is 12.1 Å². The molecule has 3 heteroatoms. The Morgan fingerprint density at radius 2 is 1.61 bits per heavy atom. The molecule has 0 fully saturated rings. The highest BCUT2D eigenvalue weighted by Gasteiger charge is 2.12. The molecule has 0 amide bonds. The van der Waals surface area contributed by atoms with Crippen molar-refractivity contribution in [3.8, 4) is 0 Å². The molecule has 0 bridgehead atoms. The molecular formula is C15H10N2O. The van der Waals surface area contributed by atoms with E-state index >= 15 is 0 Å². The molecule has 0 N–H and O–H groups in total. The monoisotopic (exact) mass is 234 g/mol. The molecule has 86 valence electrons. The van der Waals surface area contributed by atoms with Gasteiger partial charge in [0.2, 0.25) is 0 Å². The quantitative estimate of drug-likeness (QED) is 0.640. The van der Waals surface area contributed by atoms with Crippen molar-refractivity contribution in [1.82, 2.24) is 9.97 Å². The number of carbonyl (C=O) groups is 1. The maximum atomic E-state index is 12.4. The van der Waals surface area contributed by atoms with E-state index in [0.29, 0.717) is 16.6 Å². The van der Waals surface area contributed by atoms with Crippen LogP contribution in [0.2, 0.25) is 0 Å². The summed E-state index contributed by atoms with van der Waals surface area (Å²) in [4.78, 5) is 20.8. The van der Waals surface area contributed by atoms with Crippen molar-refractivity contribution >= 4 is 16.8 Å². The van der Waals surface area contributed by atoms with Gasteiger partial charge in [-0.3, -0.25) is 14.8 Å². The fourth-order valence-electron chi connectivity index (χ4n) is 1.92. The van der Waals surface area contributed by atoms with Crippen LogP contribution in [0.4, 0.5) is 0 Å². The minimum absolute atomic E-state index is 0.0262. The van der Waals surface area contributed by atoms with Gasteiger partial charge >= 0.3 is 0 Å². The number of nitrogens with zero attached hydrogens (tertiary/aromatic N) is 2. The molecule has 0 aliphatic heterocycles. The van der Waals surface area contributed by atoms with Crippen LogP contribution in [0.15, 0.2) is 60.9 Å². The van der Waals surface area contributed by atoms with Gasteiger partial charge in [-0.15, -0.1) is 0 Å². The second-order valence-corrected chi connectivity index (χ2v) is 3.92. The number of rotatable bonds is 2. The van der Waals surface area contributed by atoms with Crippen molar-refractivity contribution in [2.75, 3.05) is 0 Å². The Kier molecular flexibility index (Phi) is 2.57. The minimum Gasteiger partial charge on any atom is -0.289 e. The number of ketones is 1. The summed E-state index contributed by atoms with van der Waals surface area (Å²) in [5, 5.41) is 0. The molecule has 0 saturated heterocycles. The van der Waals surface area contributed by atoms with Crippen molar-refractivity contribution < 1.29 is 4.79 Å². The fourth-order valence-corrected chi connectivity index (χ4v) is 1.92. The first-order chi connectivity index (χ1) is 8.86. The topological polar surface area (TPSA) is 42.9 Å². The van der Waals surface area contributed by atoms with Crippen LogP contribution < -0.4 is 0 Å². The third-order valence-electron chi connectivity index (χ3n) is 2.78. The first-order valence-electron chi connectivity index (χ1n) is 5.66. The van der Waals surface area contributed by atoms with E-state index in [0.717, 1.165) is 5.52 Å². The van der Waals surface area contributed by atoms with E-state index in [1.165, 1.54) is 0 Å². The van der Waals surface area contributed by atoms with E-state index in [9.17, 15) is 4.79 Å². The van der Waals surface area contributed by atoms with Gasteiger partial charge in [0.1, 0.15) is 0 Å². The summed E-state index contributed by atoms with van der Waals surface area (Å²) in [5.74, 6) is -0.0262. The van der Waals surface area contributed by atoms with Gasteiger partial charge in [0, 0.05) is 18.0 Å². The van der Waals surface area contributed by atoms with Gasteiger partial charge in [0.05, 0.1) is 16.6 Å². The number of carbonyl (C=O) groups excluding carboxylic acids is 1. The number of para-hydroxylation sites is 1. The third kappa shape index (κ3) is 1.76. The van der Waals surface area contributed by atoms with Gasteiger partial charge in [-0.1, -0.05) is 36.4 Å². The molecule has 1 heterocycles. The van der Waals surface area contributed by atoms with Crippen LogP contribution in [0.3, 0.4) is 0 Å². The Balaban J connectivity index is 2.18. The fraction of sp³-hybridized carbons (Fsp3) is 0. The lowest BCUT2D eigenvalue weighted by Gasteiger charge is -2.04. The first-order valence-corrected chi connectivity index (χ1v) is 5.66. The van der Waals surface area contributed by atoms with Crippen LogP contribution in [-0.2, 0) is 0 Å². The summed E-state index contributed by atoms with van der Waals surface area (Å²) in [6.45, 7) is 0. The van der Waals surface area contributed by atoms with E-state index in [1.807, 2.05) is 30.3 Å². The molecular weight excluding hydrogens is 224 g/mol. The second kappa shape index (κ2) is 4.37. The number of fused-ring (bicyclic) bond motifs is 1. The van der Waals surface area contributed by atoms with E-state index in [1.54, 1.807) is 30.6 Å². The molecule has 2 aromatic carbocycles. The summed E-state index contributed by atoms with van der Waals surface area (Å²) in [6.07, 6.45) is 3.23. The van der Waals surface area contributed by atoms with Gasteiger partial charge in [-0.25, -0.2) is 0 Å². The normalized spacial score (nSPS) is 10.4. The molecule has 18 heavy (non-hydrogen) atoms. The predicted molar refractivity (Wildman–Crippen MR) is 69.4 cm³/mol. The molecule has 0 atom stereocenters. The molecule has 0 spiro atoms. The number of aromatic nitrogens is 2. The zero-order valence-corrected chi connectivity index (χ0v) is 9.58. The van der Waals surface area contributed by atoms with Crippen molar-refractivity contribution in [2.24, 2.45) is 0 Å². The summed E-state index contributed by atoms with van der Waals surface area (Å²) < 4.78 is 0. The minimum atomic E-state index is -0.0262. The summed E-state index contributed by atoms with van der Waals surface area (Å²) >= 11 is 0. The van der Waals surface area contributed by atoms with Crippen LogP contribution in [0.5, 0.6) is 0 Å². The molecule has 0 unspecified atom stereocenters. The average molecular weight is 234 g/mol. The molecule has 3 aromatic rings. The first kappa shape index (κ1) is 10.6. The lowest BCUT2D eigenvalue weighted by Crippen LogP contribution is -2.03. The molecule has 1 aromatic heterocycles. The summed E-state index contributed by atoms with van der Waals surface area (Å²) in [6, 6.07) is 14.7. The molecule has 0 aliphatic carbocycles. The van der Waals surface area contributed by atoms with Crippen molar-refractivity contribution in [3.63, 3.8) is 0 Å². The lowest BCUT2D eigenvalue weighted by atomic mass is 10.0. The third-order valence-corrected chi connectivity index (χ3v) is 2.78. The van der Waals surface area contributed by atoms with Gasteiger partial charge in [-0.2, -0.15) is 0 Å². The Bertz CT molecular complexity index is 703. The highest BCUT2D eigenvalue weighted by Crippen LogP contribution is 2.17. The molecule has 3 nitrogen and oxygen atoms in total. The zero-order valence-electron chi connectivity index (χ0n) is 9.58. The van der Waals surface area contributed by atoms with Crippen LogP contribution >= 0.6 is 0 Å². The van der Waals surface area contributed by atoms with Crippen LogP contribution in [0.1, 0.15) is 15.9 Å². The van der Waals surface area contributed by atoms with E-state index < -0.39 is 0 Å². The maximum Gasteiger partial charge on any atom is 0.195 e. The summed E-state index contributed by atoms with van der Waals surface area (Å²) in [5.41, 5.74) is 2.63. The number of hydrogen-bond acceptors (Lipinski definition) is 3. The van der Waals surface area contributed by atoms with E-state index in [-0.39, 0.29) is 5.78 Å². The number of hydrogen-bond donors (Lipinski definition) is 0. The van der Waals surface area contributed by atoms with Crippen molar-refractivity contribution in [2.45, 2.75) is 0 Å². The summed E-state index contributed by atoms with van der Waals surface area (Å²) in [7, 11) is 0. The Morgan fingerprint density at radius 1 is 0.833 bits per heavy atom. The van der Waals surface area contributed by atoms with E-state index in [4.69, 9.17) is 0 Å². The van der Waals surface area contributed by atoms with Crippen molar-refractivity contribution in [3.05, 3.63) is 72.1 Å². The standard InChI is InChI=1S/C15H10N2O/c18-15(11-5-2-1-3-6-11)12-7-4-8-13-14(12)17-10-9-16-13/h1-10H. The highest BCUT2D eigenvalue weighted by atomic mass is 16.1. The zero-order chi connectivity index (χ0) is 12.4. The van der Waals surface area contributed by atoms with Gasteiger partial charge < -0.3 is 0 Å². The molecule has 3 rings (SSSR count). The Hall–Kier alpha value is -2.55. The molecule has 0 radical (unpaired) electrons. The largest absolute Gasteiger partial charge is 0.289 e. The highest BCUT2D eigenvalue weighted by molar-refractivity contribution is 6.15. The van der Waals surface area contributed by atoms with Crippen LogP contribution in [0.25, 0.3) is 11.0 Å². The van der Waals surface area contributed by atoms with Crippen LogP contribution in [-0.4, -0.2) is 15.8 Å². The Labute approximate surface area is 104 Å². The molecule has 0 saturated carbocycles. The Morgan fingerprint density at radius 3 is 2.44 bits per heavy atom. The maximum absolute atomic E-state index is 12.4. The van der Waals surface area contributed by atoms with Crippen LogP contribution in [0, 0.1) is 0 Å². The van der Waals surface area contributed by atoms with Crippen molar-refractivity contribution in [1.29, 1.82) is 0 Å². The SMILES string of the molecule is O=C(c1ccccc1)c1cccc2nccnc12.